The molecular formula is C22H30N2O4. The Labute approximate surface area is 166 Å². The van der Waals surface area contributed by atoms with Crippen molar-refractivity contribution in [3.8, 4) is 11.4 Å². The first kappa shape index (κ1) is 20.6. The van der Waals surface area contributed by atoms with Gasteiger partial charge in [-0.1, -0.05) is 36.2 Å². The van der Waals surface area contributed by atoms with Crippen LogP contribution in [0.1, 0.15) is 43.1 Å². The van der Waals surface area contributed by atoms with E-state index in [0.29, 0.717) is 13.2 Å². The fourth-order valence-corrected chi connectivity index (χ4v) is 3.49. The third-order valence-electron chi connectivity index (χ3n) is 5.64. The fraction of sp³-hybridized carbons (Fsp3) is 0.545. The molecule has 152 valence electrons. The van der Waals surface area contributed by atoms with Crippen LogP contribution in [0.4, 0.5) is 0 Å². The van der Waals surface area contributed by atoms with Crippen molar-refractivity contribution in [3.63, 3.8) is 0 Å². The van der Waals surface area contributed by atoms with Crippen molar-refractivity contribution in [1.29, 1.82) is 0 Å². The van der Waals surface area contributed by atoms with E-state index in [1.165, 1.54) is 18.2 Å². The van der Waals surface area contributed by atoms with Crippen LogP contribution in [-0.2, 0) is 27.7 Å². The minimum Gasteiger partial charge on any atom is -0.477 e. The van der Waals surface area contributed by atoms with Gasteiger partial charge in [0, 0.05) is 31.1 Å². The molecule has 28 heavy (non-hydrogen) atoms. The number of unbranched alkanes of at least 4 members (excludes halogenated alkanes) is 1. The second-order valence-electron chi connectivity index (χ2n) is 7.88. The van der Waals surface area contributed by atoms with Crippen molar-refractivity contribution in [2.75, 3.05) is 13.2 Å². The molecule has 1 aromatic carbocycles. The van der Waals surface area contributed by atoms with Gasteiger partial charge in [-0.2, -0.15) is 0 Å². The van der Waals surface area contributed by atoms with E-state index >= 15 is 0 Å². The van der Waals surface area contributed by atoms with Crippen molar-refractivity contribution in [1.82, 2.24) is 9.55 Å². The van der Waals surface area contributed by atoms with Crippen molar-refractivity contribution >= 4 is 5.97 Å². The molecule has 0 aliphatic carbocycles. The van der Waals surface area contributed by atoms with Crippen LogP contribution in [0.2, 0.25) is 0 Å². The van der Waals surface area contributed by atoms with E-state index in [2.05, 4.69) is 49.7 Å². The molecule has 6 heteroatoms. The number of aromatic nitrogens is 2. The summed E-state index contributed by atoms with van der Waals surface area (Å²) in [6.07, 6.45) is 3.98. The average molecular weight is 386 g/mol. The van der Waals surface area contributed by atoms with Crippen LogP contribution in [0.5, 0.6) is 0 Å². The van der Waals surface area contributed by atoms with Crippen LogP contribution >= 0.6 is 0 Å². The van der Waals surface area contributed by atoms with Crippen LogP contribution in [-0.4, -0.2) is 39.6 Å². The first-order valence-corrected chi connectivity index (χ1v) is 9.90. The Balaban J connectivity index is 1.50. The maximum atomic E-state index is 11.1. The predicted molar refractivity (Wildman–Crippen MR) is 107 cm³/mol. The molecule has 3 rings (SSSR count). The molecule has 0 bridgehead atoms. The molecular weight excluding hydrogens is 356 g/mol. The predicted octanol–water partition coefficient (Wildman–Crippen LogP) is 3.88. The SMILES string of the molecule is Cc1ccc(-c2nc(CCCC[C@H]3CO[C@@](C)(C(=O)O)OC3)c(C)n2C)cc1. The van der Waals surface area contributed by atoms with Crippen LogP contribution in [0.25, 0.3) is 11.4 Å². The van der Waals surface area contributed by atoms with E-state index in [9.17, 15) is 4.79 Å². The van der Waals surface area contributed by atoms with Gasteiger partial charge in [0.1, 0.15) is 5.82 Å². The number of aryl methyl sites for hydroxylation is 2. The maximum Gasteiger partial charge on any atom is 0.364 e. The molecule has 1 aliphatic heterocycles. The zero-order valence-electron chi connectivity index (χ0n) is 17.2. The van der Waals surface area contributed by atoms with Gasteiger partial charge in [-0.15, -0.1) is 0 Å². The highest BCUT2D eigenvalue weighted by Gasteiger charge is 2.40. The molecule has 1 aromatic heterocycles. The normalized spacial score (nSPS) is 22.4. The third-order valence-corrected chi connectivity index (χ3v) is 5.64. The molecule has 1 N–H and O–H groups in total. The molecule has 0 spiro atoms. The van der Waals surface area contributed by atoms with Crippen molar-refractivity contribution in [2.24, 2.45) is 13.0 Å². The summed E-state index contributed by atoms with van der Waals surface area (Å²) >= 11 is 0. The van der Waals surface area contributed by atoms with Crippen molar-refractivity contribution in [3.05, 3.63) is 41.2 Å². The maximum absolute atomic E-state index is 11.1. The summed E-state index contributed by atoms with van der Waals surface area (Å²) in [6.45, 7) is 6.53. The highest BCUT2D eigenvalue weighted by Crippen LogP contribution is 2.26. The van der Waals surface area contributed by atoms with Crippen molar-refractivity contribution < 1.29 is 19.4 Å². The largest absolute Gasteiger partial charge is 0.477 e. The number of benzene rings is 1. The van der Waals surface area contributed by atoms with E-state index in [4.69, 9.17) is 19.6 Å². The summed E-state index contributed by atoms with van der Waals surface area (Å²) in [7, 11) is 2.07. The molecule has 2 heterocycles. The van der Waals surface area contributed by atoms with E-state index in [1.807, 2.05) is 0 Å². The molecule has 6 nitrogen and oxygen atoms in total. The average Bonchev–Trinajstić information content (AvgIpc) is 2.96. The third kappa shape index (κ3) is 4.45. The number of aliphatic carboxylic acids is 1. The van der Waals surface area contributed by atoms with Gasteiger partial charge in [-0.25, -0.2) is 9.78 Å². The molecule has 2 aromatic rings. The number of imidazole rings is 1. The minimum atomic E-state index is -1.49. The Morgan fingerprint density at radius 1 is 1.21 bits per heavy atom. The molecule has 0 unspecified atom stereocenters. The minimum absolute atomic E-state index is 0.250. The topological polar surface area (TPSA) is 73.6 Å². The lowest BCUT2D eigenvalue weighted by Gasteiger charge is -2.34. The smallest absolute Gasteiger partial charge is 0.364 e. The molecule has 0 radical (unpaired) electrons. The quantitative estimate of drug-likeness (QED) is 0.731. The van der Waals surface area contributed by atoms with E-state index in [-0.39, 0.29) is 5.92 Å². The molecule has 1 aliphatic rings. The van der Waals surface area contributed by atoms with Crippen LogP contribution in [0, 0.1) is 19.8 Å². The summed E-state index contributed by atoms with van der Waals surface area (Å²) in [5.41, 5.74) is 4.74. The van der Waals surface area contributed by atoms with Gasteiger partial charge in [-0.3, -0.25) is 0 Å². The Bertz CT molecular complexity index is 818. The highest BCUT2D eigenvalue weighted by molar-refractivity contribution is 5.75. The van der Waals surface area contributed by atoms with E-state index in [1.54, 1.807) is 0 Å². The standard InChI is InChI=1S/C22H30N2O4/c1-15-9-11-18(12-10-15)20-23-19(16(2)24(20)4)8-6-5-7-17-13-27-22(3,21(25)26)28-14-17/h9-12,17H,5-8,13-14H2,1-4H3,(H,25,26)/t17-,22+. The van der Waals surface area contributed by atoms with Gasteiger partial charge >= 0.3 is 5.97 Å². The lowest BCUT2D eigenvalue weighted by molar-refractivity contribution is -0.271. The summed E-state index contributed by atoms with van der Waals surface area (Å²) in [5.74, 6) is -1.30. The highest BCUT2D eigenvalue weighted by atomic mass is 16.7. The Morgan fingerprint density at radius 3 is 2.46 bits per heavy atom. The molecule has 0 saturated carbocycles. The fourth-order valence-electron chi connectivity index (χ4n) is 3.49. The second-order valence-corrected chi connectivity index (χ2v) is 7.88. The van der Waals surface area contributed by atoms with Gasteiger partial charge < -0.3 is 19.1 Å². The number of nitrogens with zero attached hydrogens (tertiary/aromatic N) is 2. The van der Waals surface area contributed by atoms with Crippen LogP contribution < -0.4 is 0 Å². The molecule has 1 fully saturated rings. The van der Waals surface area contributed by atoms with Crippen LogP contribution in [0.15, 0.2) is 24.3 Å². The zero-order chi connectivity index (χ0) is 20.3. The zero-order valence-corrected chi connectivity index (χ0v) is 17.2. The van der Waals surface area contributed by atoms with Gasteiger partial charge in [0.2, 0.25) is 0 Å². The van der Waals surface area contributed by atoms with Gasteiger partial charge in [0.15, 0.2) is 0 Å². The summed E-state index contributed by atoms with van der Waals surface area (Å²) in [6, 6.07) is 8.47. The van der Waals surface area contributed by atoms with Crippen molar-refractivity contribution in [2.45, 2.75) is 52.2 Å². The van der Waals surface area contributed by atoms with Gasteiger partial charge in [0.25, 0.3) is 5.79 Å². The summed E-state index contributed by atoms with van der Waals surface area (Å²) in [5, 5.41) is 9.11. The number of hydrogen-bond donors (Lipinski definition) is 1. The lowest BCUT2D eigenvalue weighted by atomic mass is 10.0. The first-order chi connectivity index (χ1) is 13.3. The number of hydrogen-bond acceptors (Lipinski definition) is 4. The molecule has 0 amide bonds. The Morgan fingerprint density at radius 2 is 1.86 bits per heavy atom. The van der Waals surface area contributed by atoms with E-state index < -0.39 is 11.8 Å². The van der Waals surface area contributed by atoms with Gasteiger partial charge in [0.05, 0.1) is 18.9 Å². The second kappa shape index (κ2) is 8.45. The number of carboxylic acids is 1. The number of ether oxygens (including phenoxy) is 2. The number of rotatable bonds is 7. The molecule has 0 atom stereocenters. The first-order valence-electron chi connectivity index (χ1n) is 9.90. The summed E-state index contributed by atoms with van der Waals surface area (Å²) < 4.78 is 13.0. The van der Waals surface area contributed by atoms with E-state index in [0.717, 1.165) is 42.8 Å². The van der Waals surface area contributed by atoms with Crippen LogP contribution in [0.3, 0.4) is 0 Å². The Hall–Kier alpha value is -2.18. The monoisotopic (exact) mass is 386 g/mol. The lowest BCUT2D eigenvalue weighted by Crippen LogP contribution is -2.47. The molecule has 1 saturated heterocycles. The Kier molecular flexibility index (Phi) is 6.20. The number of carbonyl (C=O) groups is 1. The number of carboxylic acid groups (broad SMARTS) is 1. The van der Waals surface area contributed by atoms with Gasteiger partial charge in [-0.05, 0) is 33.1 Å². The summed E-state index contributed by atoms with van der Waals surface area (Å²) in [4.78, 5) is 16.0.